The van der Waals surface area contributed by atoms with Crippen LogP contribution in [0.4, 0.5) is 0 Å². The predicted molar refractivity (Wildman–Crippen MR) is 119 cm³/mol. The average molecular weight is 418 g/mol. The van der Waals surface area contributed by atoms with Crippen LogP contribution < -0.4 is 4.74 Å². The summed E-state index contributed by atoms with van der Waals surface area (Å²) in [7, 11) is 0. The van der Waals surface area contributed by atoms with Crippen molar-refractivity contribution < 1.29 is 13.9 Å². The minimum absolute atomic E-state index is 0.0701. The summed E-state index contributed by atoms with van der Waals surface area (Å²) in [6, 6.07) is 15.4. The van der Waals surface area contributed by atoms with E-state index in [2.05, 4.69) is 22.5 Å². The lowest BCUT2D eigenvalue weighted by atomic mass is 10.1. The van der Waals surface area contributed by atoms with Gasteiger partial charge in [-0.1, -0.05) is 30.3 Å². The zero-order chi connectivity index (χ0) is 21.5. The zero-order valence-corrected chi connectivity index (χ0v) is 17.6. The molecule has 1 amide bonds. The van der Waals surface area contributed by atoms with Crippen LogP contribution in [0.3, 0.4) is 0 Å². The summed E-state index contributed by atoms with van der Waals surface area (Å²) in [5, 5.41) is 0. The van der Waals surface area contributed by atoms with E-state index in [1.54, 1.807) is 12.3 Å². The van der Waals surface area contributed by atoms with Gasteiger partial charge in [0.25, 0.3) is 5.91 Å². The number of hydrogen-bond acceptors (Lipinski definition) is 5. The quantitative estimate of drug-likeness (QED) is 0.520. The van der Waals surface area contributed by atoms with Crippen molar-refractivity contribution in [1.82, 2.24) is 14.8 Å². The topological polar surface area (TPSA) is 58.8 Å². The number of ether oxygens (including phenoxy) is 1. The third-order valence-electron chi connectivity index (χ3n) is 5.37. The van der Waals surface area contributed by atoms with Gasteiger partial charge in [-0.25, -0.2) is 0 Å². The van der Waals surface area contributed by atoms with Gasteiger partial charge in [-0.15, -0.1) is 6.58 Å². The molecule has 3 heterocycles. The van der Waals surface area contributed by atoms with Crippen molar-refractivity contribution in [1.29, 1.82) is 0 Å². The molecule has 6 heteroatoms. The largest absolute Gasteiger partial charge is 0.485 e. The van der Waals surface area contributed by atoms with E-state index < -0.39 is 0 Å². The second-order valence-corrected chi connectivity index (χ2v) is 7.58. The molecule has 0 aliphatic carbocycles. The minimum atomic E-state index is -0.0701. The lowest BCUT2D eigenvalue weighted by molar-refractivity contribution is 0.0594. The molecule has 6 nitrogen and oxygen atoms in total. The monoisotopic (exact) mass is 417 g/mol. The van der Waals surface area contributed by atoms with Gasteiger partial charge in [0.1, 0.15) is 18.1 Å². The van der Waals surface area contributed by atoms with E-state index in [-0.39, 0.29) is 12.5 Å². The first-order valence-corrected chi connectivity index (χ1v) is 10.5. The molecule has 160 valence electrons. The number of nitrogens with zero attached hydrogens (tertiary/aromatic N) is 3. The van der Waals surface area contributed by atoms with Crippen molar-refractivity contribution >= 4 is 5.91 Å². The van der Waals surface area contributed by atoms with E-state index >= 15 is 0 Å². The van der Waals surface area contributed by atoms with Gasteiger partial charge in [-0.05, 0) is 41.8 Å². The predicted octanol–water partition coefficient (Wildman–Crippen LogP) is 3.94. The molecule has 2 aromatic heterocycles. The number of rotatable bonds is 8. The van der Waals surface area contributed by atoms with Gasteiger partial charge >= 0.3 is 0 Å². The first-order valence-electron chi connectivity index (χ1n) is 10.5. The molecule has 1 aliphatic heterocycles. The molecule has 0 atom stereocenters. The van der Waals surface area contributed by atoms with Crippen LogP contribution >= 0.6 is 0 Å². The third-order valence-corrected chi connectivity index (χ3v) is 5.37. The molecule has 0 N–H and O–H groups in total. The van der Waals surface area contributed by atoms with Gasteiger partial charge < -0.3 is 14.1 Å². The fourth-order valence-corrected chi connectivity index (χ4v) is 3.70. The molecule has 3 aromatic rings. The molecular weight excluding hydrogens is 390 g/mol. The van der Waals surface area contributed by atoms with E-state index in [9.17, 15) is 4.79 Å². The number of piperazine rings is 1. The van der Waals surface area contributed by atoms with E-state index in [4.69, 9.17) is 9.15 Å². The maximum absolute atomic E-state index is 12.8. The minimum Gasteiger partial charge on any atom is -0.485 e. The Morgan fingerprint density at radius 1 is 1.10 bits per heavy atom. The molecule has 0 radical (unpaired) electrons. The van der Waals surface area contributed by atoms with Crippen LogP contribution in [0.25, 0.3) is 0 Å². The maximum Gasteiger partial charge on any atom is 0.289 e. The molecule has 1 fully saturated rings. The highest BCUT2D eigenvalue weighted by molar-refractivity contribution is 5.91. The third kappa shape index (κ3) is 5.41. The Labute approximate surface area is 182 Å². The van der Waals surface area contributed by atoms with Crippen LogP contribution in [0.15, 0.2) is 78.0 Å². The summed E-state index contributed by atoms with van der Waals surface area (Å²) < 4.78 is 11.7. The van der Waals surface area contributed by atoms with Crippen molar-refractivity contribution in [2.24, 2.45) is 0 Å². The molecule has 1 aromatic carbocycles. The molecule has 31 heavy (non-hydrogen) atoms. The van der Waals surface area contributed by atoms with Crippen molar-refractivity contribution in [2.75, 3.05) is 26.2 Å². The number of allylic oxidation sites excluding steroid dienone is 1. The molecule has 1 aliphatic rings. The van der Waals surface area contributed by atoms with E-state index in [1.165, 1.54) is 5.56 Å². The van der Waals surface area contributed by atoms with E-state index in [0.29, 0.717) is 24.6 Å². The molecule has 0 unspecified atom stereocenters. The number of carbonyl (C=O) groups excluding carboxylic acids is 1. The highest BCUT2D eigenvalue weighted by Crippen LogP contribution is 2.21. The van der Waals surface area contributed by atoms with Gasteiger partial charge in [0.15, 0.2) is 5.76 Å². The Bertz CT molecular complexity index is 1010. The highest BCUT2D eigenvalue weighted by atomic mass is 16.5. The van der Waals surface area contributed by atoms with Gasteiger partial charge in [0.05, 0.1) is 0 Å². The second-order valence-electron chi connectivity index (χ2n) is 7.58. The standard InChI is InChI=1S/C25H27N3O3/c1-2-6-21-8-3-4-9-23(21)30-19-22-10-11-24(31-22)25(29)28-15-13-27(14-16-28)18-20-7-5-12-26-17-20/h2-5,7-12,17H,1,6,13-16,18-19H2. The number of pyridine rings is 1. The molecule has 0 bridgehead atoms. The summed E-state index contributed by atoms with van der Waals surface area (Å²) >= 11 is 0. The van der Waals surface area contributed by atoms with Gasteiger partial charge in [-0.2, -0.15) is 0 Å². The average Bonchev–Trinajstić information content (AvgIpc) is 3.29. The van der Waals surface area contributed by atoms with Crippen LogP contribution in [0.1, 0.15) is 27.4 Å². The molecular formula is C25H27N3O3. The van der Waals surface area contributed by atoms with E-state index in [1.807, 2.05) is 53.6 Å². The summed E-state index contributed by atoms with van der Waals surface area (Å²) in [4.78, 5) is 21.2. The Morgan fingerprint density at radius 2 is 1.94 bits per heavy atom. The van der Waals surface area contributed by atoms with Crippen LogP contribution in [0.2, 0.25) is 0 Å². The number of carbonyl (C=O) groups is 1. The number of amides is 1. The maximum atomic E-state index is 12.8. The Hall–Kier alpha value is -3.38. The van der Waals surface area contributed by atoms with Gasteiger partial charge in [0, 0.05) is 45.1 Å². The van der Waals surface area contributed by atoms with Crippen molar-refractivity contribution in [2.45, 2.75) is 19.6 Å². The number of furan rings is 1. The van der Waals surface area contributed by atoms with Crippen molar-refractivity contribution in [3.63, 3.8) is 0 Å². The van der Waals surface area contributed by atoms with Crippen LogP contribution in [0, 0.1) is 0 Å². The first kappa shape index (κ1) is 20.9. The number of para-hydroxylation sites is 1. The highest BCUT2D eigenvalue weighted by Gasteiger charge is 2.24. The molecule has 1 saturated heterocycles. The lowest BCUT2D eigenvalue weighted by Gasteiger charge is -2.34. The Morgan fingerprint density at radius 3 is 2.71 bits per heavy atom. The van der Waals surface area contributed by atoms with Gasteiger partial charge in [-0.3, -0.25) is 14.7 Å². The van der Waals surface area contributed by atoms with Crippen molar-refractivity contribution in [3.05, 3.63) is 96.2 Å². The van der Waals surface area contributed by atoms with Crippen LogP contribution in [0.5, 0.6) is 5.75 Å². The summed E-state index contributed by atoms with van der Waals surface area (Å²) in [5.41, 5.74) is 2.26. The fraction of sp³-hybridized carbons (Fsp3) is 0.280. The summed E-state index contributed by atoms with van der Waals surface area (Å²) in [5.74, 6) is 1.72. The first-order chi connectivity index (χ1) is 15.2. The fourth-order valence-electron chi connectivity index (χ4n) is 3.70. The summed E-state index contributed by atoms with van der Waals surface area (Å²) in [6.07, 6.45) is 6.26. The lowest BCUT2D eigenvalue weighted by Crippen LogP contribution is -2.48. The Balaban J connectivity index is 1.29. The van der Waals surface area contributed by atoms with Crippen molar-refractivity contribution in [3.8, 4) is 5.75 Å². The normalized spacial score (nSPS) is 14.4. The number of benzene rings is 1. The van der Waals surface area contributed by atoms with Crippen LogP contribution in [-0.2, 0) is 19.6 Å². The van der Waals surface area contributed by atoms with Gasteiger partial charge in [0.2, 0.25) is 0 Å². The smallest absolute Gasteiger partial charge is 0.289 e. The molecule has 4 rings (SSSR count). The van der Waals surface area contributed by atoms with Crippen LogP contribution in [-0.4, -0.2) is 46.9 Å². The second kappa shape index (κ2) is 10.1. The Kier molecular flexibility index (Phi) is 6.79. The number of hydrogen-bond donors (Lipinski definition) is 0. The molecule has 0 saturated carbocycles. The SMILES string of the molecule is C=CCc1ccccc1OCc1ccc(C(=O)N2CCN(Cc3cccnc3)CC2)o1. The van der Waals surface area contributed by atoms with E-state index in [0.717, 1.165) is 37.4 Å². The zero-order valence-electron chi connectivity index (χ0n) is 17.6. The summed E-state index contributed by atoms with van der Waals surface area (Å²) in [6.45, 7) is 7.94. The number of aromatic nitrogens is 1. The molecule has 0 spiro atoms.